The zero-order chi connectivity index (χ0) is 13.5. The van der Waals surface area contributed by atoms with Crippen LogP contribution in [0.5, 0.6) is 5.75 Å². The maximum atomic E-state index is 6.39. The second kappa shape index (κ2) is 7.51. The van der Waals surface area contributed by atoms with E-state index in [2.05, 4.69) is 11.0 Å². The highest BCUT2D eigenvalue weighted by Gasteiger charge is 2.16. The van der Waals surface area contributed by atoms with Crippen molar-refractivity contribution in [3.05, 3.63) is 29.8 Å². The summed E-state index contributed by atoms with van der Waals surface area (Å²) in [5.41, 5.74) is 7.52. The predicted molar refractivity (Wildman–Crippen MR) is 79.4 cm³/mol. The highest BCUT2D eigenvalue weighted by atomic mass is 16.5. The number of hydrogen-bond donors (Lipinski definition) is 1. The molecule has 1 fully saturated rings. The minimum absolute atomic E-state index is 0.0425. The monoisotopic (exact) mass is 262 g/mol. The fourth-order valence-electron chi connectivity index (χ4n) is 2.77. The van der Waals surface area contributed by atoms with E-state index >= 15 is 0 Å². The Bertz CT molecular complexity index is 373. The zero-order valence-electron chi connectivity index (χ0n) is 12.0. The van der Waals surface area contributed by atoms with Gasteiger partial charge in [0.25, 0.3) is 0 Å². The molecule has 1 aliphatic rings. The van der Waals surface area contributed by atoms with Crippen molar-refractivity contribution in [2.75, 3.05) is 26.2 Å². The number of para-hydroxylation sites is 1. The molecule has 1 aromatic carbocycles. The van der Waals surface area contributed by atoms with Crippen molar-refractivity contribution in [2.24, 2.45) is 5.73 Å². The molecule has 3 nitrogen and oxygen atoms in total. The van der Waals surface area contributed by atoms with Gasteiger partial charge in [0, 0.05) is 18.2 Å². The molecule has 0 bridgehead atoms. The van der Waals surface area contributed by atoms with Crippen LogP contribution in [0.2, 0.25) is 0 Å². The smallest absolute Gasteiger partial charge is 0.124 e. The van der Waals surface area contributed by atoms with Crippen LogP contribution in [0.15, 0.2) is 24.3 Å². The summed E-state index contributed by atoms with van der Waals surface area (Å²) in [6.07, 6.45) is 5.34. The number of benzene rings is 1. The fourth-order valence-corrected chi connectivity index (χ4v) is 2.77. The average Bonchev–Trinajstić information content (AvgIpc) is 2.68. The molecule has 106 valence electrons. The number of likely N-dealkylation sites (tertiary alicyclic amines) is 1. The summed E-state index contributed by atoms with van der Waals surface area (Å²) in [5.74, 6) is 0.937. The van der Waals surface area contributed by atoms with Crippen LogP contribution >= 0.6 is 0 Å². The summed E-state index contributed by atoms with van der Waals surface area (Å²) < 4.78 is 5.67. The lowest BCUT2D eigenvalue weighted by atomic mass is 10.1. The molecule has 0 radical (unpaired) electrons. The van der Waals surface area contributed by atoms with Crippen molar-refractivity contribution in [2.45, 2.75) is 38.6 Å². The second-order valence-electron chi connectivity index (χ2n) is 5.29. The Kier molecular flexibility index (Phi) is 5.67. The molecule has 0 saturated carbocycles. The van der Waals surface area contributed by atoms with Gasteiger partial charge in [-0.2, -0.15) is 0 Å². The first-order valence-electron chi connectivity index (χ1n) is 7.51. The van der Waals surface area contributed by atoms with Crippen LogP contribution in [-0.2, 0) is 0 Å². The van der Waals surface area contributed by atoms with Gasteiger partial charge in [-0.05, 0) is 38.9 Å². The summed E-state index contributed by atoms with van der Waals surface area (Å²) in [4.78, 5) is 2.50. The maximum absolute atomic E-state index is 6.39. The van der Waals surface area contributed by atoms with Gasteiger partial charge in [-0.3, -0.25) is 0 Å². The van der Waals surface area contributed by atoms with E-state index in [1.54, 1.807) is 0 Å². The molecular formula is C16H26N2O. The summed E-state index contributed by atoms with van der Waals surface area (Å²) in [5, 5.41) is 0. The third-order valence-electron chi connectivity index (χ3n) is 3.77. The Balaban J connectivity index is 2.00. The highest BCUT2D eigenvalue weighted by Crippen LogP contribution is 2.25. The molecule has 0 amide bonds. The summed E-state index contributed by atoms with van der Waals surface area (Å²) in [7, 11) is 0. The van der Waals surface area contributed by atoms with Gasteiger partial charge in [-0.25, -0.2) is 0 Å². The number of ether oxygens (including phenoxy) is 1. The zero-order valence-corrected chi connectivity index (χ0v) is 12.0. The van der Waals surface area contributed by atoms with Crippen molar-refractivity contribution >= 4 is 0 Å². The minimum Gasteiger partial charge on any atom is -0.494 e. The normalized spacial score (nSPS) is 18.8. The van der Waals surface area contributed by atoms with Crippen LogP contribution in [0.1, 0.15) is 44.2 Å². The summed E-state index contributed by atoms with van der Waals surface area (Å²) in [6, 6.07) is 8.20. The number of hydrogen-bond acceptors (Lipinski definition) is 3. The molecule has 19 heavy (non-hydrogen) atoms. The molecule has 1 unspecified atom stereocenters. The Labute approximate surface area is 116 Å². The fraction of sp³-hybridized carbons (Fsp3) is 0.625. The lowest BCUT2D eigenvalue weighted by Gasteiger charge is -2.25. The van der Waals surface area contributed by atoms with E-state index in [4.69, 9.17) is 10.5 Å². The van der Waals surface area contributed by atoms with E-state index in [9.17, 15) is 0 Å². The Morgan fingerprint density at radius 2 is 1.84 bits per heavy atom. The molecule has 2 rings (SSSR count). The van der Waals surface area contributed by atoms with E-state index in [0.717, 1.165) is 17.9 Å². The number of nitrogens with two attached hydrogens (primary N) is 1. The van der Waals surface area contributed by atoms with Gasteiger partial charge in [-0.15, -0.1) is 0 Å². The first kappa shape index (κ1) is 14.4. The van der Waals surface area contributed by atoms with Crippen LogP contribution in [-0.4, -0.2) is 31.1 Å². The molecule has 1 saturated heterocycles. The quantitative estimate of drug-likeness (QED) is 0.886. The SMILES string of the molecule is CCOc1ccccc1C(N)CN1CCCCCC1. The molecular weight excluding hydrogens is 236 g/mol. The lowest BCUT2D eigenvalue weighted by Crippen LogP contribution is -2.33. The molecule has 0 spiro atoms. The van der Waals surface area contributed by atoms with Crippen LogP contribution in [0, 0.1) is 0 Å². The third-order valence-corrected chi connectivity index (χ3v) is 3.77. The molecule has 3 heteroatoms. The Morgan fingerprint density at radius 1 is 1.16 bits per heavy atom. The van der Waals surface area contributed by atoms with E-state index in [0.29, 0.717) is 6.61 Å². The highest BCUT2D eigenvalue weighted by molar-refractivity contribution is 5.35. The van der Waals surface area contributed by atoms with E-state index in [1.165, 1.54) is 38.8 Å². The van der Waals surface area contributed by atoms with Gasteiger partial charge in [0.05, 0.1) is 6.61 Å². The predicted octanol–water partition coefficient (Wildman–Crippen LogP) is 2.96. The molecule has 1 atom stereocenters. The van der Waals surface area contributed by atoms with E-state index < -0.39 is 0 Å². The molecule has 1 heterocycles. The van der Waals surface area contributed by atoms with Crippen molar-refractivity contribution in [3.8, 4) is 5.75 Å². The Morgan fingerprint density at radius 3 is 2.53 bits per heavy atom. The number of nitrogens with zero attached hydrogens (tertiary/aromatic N) is 1. The van der Waals surface area contributed by atoms with Crippen molar-refractivity contribution in [1.29, 1.82) is 0 Å². The molecule has 2 N–H and O–H groups in total. The van der Waals surface area contributed by atoms with E-state index in [-0.39, 0.29) is 6.04 Å². The van der Waals surface area contributed by atoms with Gasteiger partial charge >= 0.3 is 0 Å². The first-order chi connectivity index (χ1) is 9.31. The summed E-state index contributed by atoms with van der Waals surface area (Å²) >= 11 is 0. The van der Waals surface area contributed by atoms with Gasteiger partial charge in [0.2, 0.25) is 0 Å². The standard InChI is InChI=1S/C16H26N2O/c1-2-19-16-10-6-5-9-14(16)15(17)13-18-11-7-3-4-8-12-18/h5-6,9-10,15H,2-4,7-8,11-13,17H2,1H3. The van der Waals surface area contributed by atoms with Gasteiger partial charge in [0.15, 0.2) is 0 Å². The molecule has 0 aromatic heterocycles. The van der Waals surface area contributed by atoms with Crippen molar-refractivity contribution in [3.63, 3.8) is 0 Å². The van der Waals surface area contributed by atoms with Gasteiger partial charge in [0.1, 0.15) is 5.75 Å². The number of rotatable bonds is 5. The lowest BCUT2D eigenvalue weighted by molar-refractivity contribution is 0.263. The molecule has 1 aromatic rings. The second-order valence-corrected chi connectivity index (χ2v) is 5.29. The van der Waals surface area contributed by atoms with Crippen LogP contribution in [0.4, 0.5) is 0 Å². The minimum atomic E-state index is 0.0425. The molecule has 0 aliphatic carbocycles. The average molecular weight is 262 g/mol. The van der Waals surface area contributed by atoms with Crippen molar-refractivity contribution in [1.82, 2.24) is 4.90 Å². The van der Waals surface area contributed by atoms with Crippen LogP contribution in [0.25, 0.3) is 0 Å². The van der Waals surface area contributed by atoms with E-state index in [1.807, 2.05) is 25.1 Å². The summed E-state index contributed by atoms with van der Waals surface area (Å²) in [6.45, 7) is 6.00. The maximum Gasteiger partial charge on any atom is 0.124 e. The third kappa shape index (κ3) is 4.22. The molecule has 1 aliphatic heterocycles. The van der Waals surface area contributed by atoms with Gasteiger partial charge in [-0.1, -0.05) is 31.0 Å². The Hall–Kier alpha value is -1.06. The van der Waals surface area contributed by atoms with Crippen LogP contribution in [0.3, 0.4) is 0 Å². The first-order valence-corrected chi connectivity index (χ1v) is 7.51. The van der Waals surface area contributed by atoms with Crippen molar-refractivity contribution < 1.29 is 4.74 Å². The van der Waals surface area contributed by atoms with Gasteiger partial charge < -0.3 is 15.4 Å². The topological polar surface area (TPSA) is 38.5 Å². The largest absolute Gasteiger partial charge is 0.494 e. The van der Waals surface area contributed by atoms with Crippen LogP contribution < -0.4 is 10.5 Å².